The van der Waals surface area contributed by atoms with E-state index in [4.69, 9.17) is 23.7 Å². The van der Waals surface area contributed by atoms with Crippen LogP contribution in [0.15, 0.2) is 78.9 Å². The molecule has 0 aliphatic heterocycles. The zero-order valence-corrected chi connectivity index (χ0v) is 21.0. The van der Waals surface area contributed by atoms with E-state index in [1.165, 1.54) is 19.9 Å². The molecule has 0 amide bonds. The molecule has 0 saturated heterocycles. The lowest BCUT2D eigenvalue weighted by Crippen LogP contribution is -2.19. The van der Waals surface area contributed by atoms with E-state index >= 15 is 0 Å². The average molecular weight is 509 g/mol. The number of esters is 4. The standard InChI is InChI=1S/C28H28O9/c1-17(2)26(30)34-14-13-33-22-11-12-23(20-7-9-21(10-8-20)36-28(32)19(5)6)24(15-22)37-25(29)16-35-27(31)18(3)4/h7-12,15H,1,3,5,13-14,16H2,2,4,6H3. The fourth-order valence-electron chi connectivity index (χ4n) is 2.63. The minimum atomic E-state index is -0.824. The molecule has 2 aromatic carbocycles. The van der Waals surface area contributed by atoms with E-state index in [1.54, 1.807) is 43.3 Å². The normalized spacial score (nSPS) is 10.0. The van der Waals surface area contributed by atoms with Crippen molar-refractivity contribution in [2.24, 2.45) is 0 Å². The Bertz CT molecular complexity index is 1220. The van der Waals surface area contributed by atoms with Gasteiger partial charge in [0.25, 0.3) is 0 Å². The van der Waals surface area contributed by atoms with Crippen LogP contribution in [-0.2, 0) is 28.7 Å². The van der Waals surface area contributed by atoms with E-state index in [9.17, 15) is 19.2 Å². The van der Waals surface area contributed by atoms with Gasteiger partial charge in [0.05, 0.1) is 0 Å². The van der Waals surface area contributed by atoms with Crippen LogP contribution in [0.4, 0.5) is 0 Å². The highest BCUT2D eigenvalue weighted by Gasteiger charge is 2.16. The Labute approximate surface area is 214 Å². The number of carbonyl (C=O) groups excluding carboxylic acids is 4. The van der Waals surface area contributed by atoms with E-state index in [-0.39, 0.29) is 35.7 Å². The Kier molecular flexibility index (Phi) is 10.4. The van der Waals surface area contributed by atoms with E-state index in [0.717, 1.165) is 0 Å². The fraction of sp³-hybridized carbons (Fsp3) is 0.214. The molecule has 194 valence electrons. The van der Waals surface area contributed by atoms with Gasteiger partial charge in [0.1, 0.15) is 30.5 Å². The molecule has 0 atom stereocenters. The quantitative estimate of drug-likeness (QED) is 0.179. The summed E-state index contributed by atoms with van der Waals surface area (Å²) in [6, 6.07) is 11.3. The molecular weight excluding hydrogens is 480 g/mol. The number of ether oxygens (including phenoxy) is 5. The predicted octanol–water partition coefficient (Wildman–Crippen LogP) is 4.36. The summed E-state index contributed by atoms with van der Waals surface area (Å²) in [5.41, 5.74) is 1.82. The topological polar surface area (TPSA) is 114 Å². The van der Waals surface area contributed by atoms with Gasteiger partial charge in [-0.2, -0.15) is 0 Å². The molecule has 0 N–H and O–H groups in total. The number of carbonyl (C=O) groups is 4. The van der Waals surface area contributed by atoms with E-state index in [2.05, 4.69) is 19.7 Å². The zero-order chi connectivity index (χ0) is 27.5. The summed E-state index contributed by atoms with van der Waals surface area (Å²) < 4.78 is 26.1. The minimum absolute atomic E-state index is 0.0101. The number of hydrogen-bond donors (Lipinski definition) is 0. The van der Waals surface area contributed by atoms with Gasteiger partial charge in [-0.25, -0.2) is 19.2 Å². The molecule has 0 spiro atoms. The Hall–Kier alpha value is -4.66. The lowest BCUT2D eigenvalue weighted by atomic mass is 10.0. The van der Waals surface area contributed by atoms with Crippen LogP contribution in [0.2, 0.25) is 0 Å². The molecule has 37 heavy (non-hydrogen) atoms. The molecule has 0 heterocycles. The summed E-state index contributed by atoms with van der Waals surface area (Å²) >= 11 is 0. The highest BCUT2D eigenvalue weighted by Crippen LogP contribution is 2.34. The molecule has 2 rings (SSSR count). The highest BCUT2D eigenvalue weighted by atomic mass is 16.6. The zero-order valence-electron chi connectivity index (χ0n) is 21.0. The Balaban J connectivity index is 2.22. The van der Waals surface area contributed by atoms with Crippen molar-refractivity contribution in [3.63, 3.8) is 0 Å². The third-order valence-corrected chi connectivity index (χ3v) is 4.50. The predicted molar refractivity (Wildman–Crippen MR) is 135 cm³/mol. The van der Waals surface area contributed by atoms with Crippen LogP contribution in [0, 0.1) is 0 Å². The minimum Gasteiger partial charge on any atom is -0.490 e. The van der Waals surface area contributed by atoms with Crippen LogP contribution in [0.25, 0.3) is 11.1 Å². The van der Waals surface area contributed by atoms with Gasteiger partial charge in [-0.05, 0) is 50.6 Å². The molecule has 0 radical (unpaired) electrons. The first-order valence-corrected chi connectivity index (χ1v) is 11.1. The summed E-state index contributed by atoms with van der Waals surface area (Å²) in [7, 11) is 0. The van der Waals surface area contributed by atoms with E-state index in [1.807, 2.05) is 0 Å². The number of rotatable bonds is 12. The largest absolute Gasteiger partial charge is 0.490 e. The Morgan fingerprint density at radius 2 is 1.24 bits per heavy atom. The van der Waals surface area contributed by atoms with Gasteiger partial charge in [-0.15, -0.1) is 0 Å². The van der Waals surface area contributed by atoms with Crippen LogP contribution in [-0.4, -0.2) is 43.7 Å². The van der Waals surface area contributed by atoms with Crippen molar-refractivity contribution >= 4 is 23.9 Å². The van der Waals surface area contributed by atoms with Gasteiger partial charge in [-0.1, -0.05) is 31.9 Å². The smallest absolute Gasteiger partial charge is 0.349 e. The highest BCUT2D eigenvalue weighted by molar-refractivity contribution is 5.90. The van der Waals surface area contributed by atoms with E-state index < -0.39 is 30.5 Å². The molecule has 9 nitrogen and oxygen atoms in total. The summed E-state index contributed by atoms with van der Waals surface area (Å²) in [6.07, 6.45) is 0. The molecule has 0 aliphatic rings. The van der Waals surface area contributed by atoms with Crippen molar-refractivity contribution in [1.82, 2.24) is 0 Å². The maximum Gasteiger partial charge on any atom is 0.349 e. The first-order chi connectivity index (χ1) is 17.5. The van der Waals surface area contributed by atoms with Crippen LogP contribution in [0.1, 0.15) is 20.8 Å². The molecule has 9 heteroatoms. The summed E-state index contributed by atoms with van der Waals surface area (Å²) in [4.78, 5) is 47.2. The fourth-order valence-corrected chi connectivity index (χ4v) is 2.63. The molecule has 0 fully saturated rings. The van der Waals surface area contributed by atoms with Crippen molar-refractivity contribution in [3.05, 3.63) is 78.9 Å². The van der Waals surface area contributed by atoms with Crippen LogP contribution >= 0.6 is 0 Å². The van der Waals surface area contributed by atoms with Gasteiger partial charge < -0.3 is 23.7 Å². The molecule has 0 aromatic heterocycles. The summed E-state index contributed by atoms with van der Waals surface area (Å²) in [5.74, 6) is -1.86. The first-order valence-electron chi connectivity index (χ1n) is 11.1. The first kappa shape index (κ1) is 28.6. The van der Waals surface area contributed by atoms with Crippen LogP contribution < -0.4 is 14.2 Å². The van der Waals surface area contributed by atoms with Crippen LogP contribution in [0.5, 0.6) is 17.2 Å². The Morgan fingerprint density at radius 1 is 0.676 bits per heavy atom. The second-order valence-electron chi connectivity index (χ2n) is 7.95. The van der Waals surface area contributed by atoms with Crippen molar-refractivity contribution in [2.45, 2.75) is 20.8 Å². The van der Waals surface area contributed by atoms with Crippen molar-refractivity contribution in [1.29, 1.82) is 0 Å². The lowest BCUT2D eigenvalue weighted by Gasteiger charge is -2.14. The average Bonchev–Trinajstić information content (AvgIpc) is 2.85. The third-order valence-electron chi connectivity index (χ3n) is 4.50. The van der Waals surface area contributed by atoms with Crippen molar-refractivity contribution in [2.75, 3.05) is 19.8 Å². The molecule has 2 aromatic rings. The molecule has 0 saturated carbocycles. The van der Waals surface area contributed by atoms with Crippen LogP contribution in [0.3, 0.4) is 0 Å². The maximum absolute atomic E-state index is 12.4. The second-order valence-corrected chi connectivity index (χ2v) is 7.95. The molecular formula is C28H28O9. The second kappa shape index (κ2) is 13.4. The summed E-state index contributed by atoms with van der Waals surface area (Å²) in [6.45, 7) is 14.4. The number of hydrogen-bond acceptors (Lipinski definition) is 9. The van der Waals surface area contributed by atoms with Gasteiger partial charge >= 0.3 is 23.9 Å². The monoisotopic (exact) mass is 508 g/mol. The van der Waals surface area contributed by atoms with Gasteiger partial charge in [0, 0.05) is 28.3 Å². The lowest BCUT2D eigenvalue weighted by molar-refractivity contribution is -0.150. The van der Waals surface area contributed by atoms with Crippen molar-refractivity contribution in [3.8, 4) is 28.4 Å². The Morgan fingerprint density at radius 3 is 1.84 bits per heavy atom. The van der Waals surface area contributed by atoms with Gasteiger partial charge in [0.2, 0.25) is 0 Å². The molecule has 0 bridgehead atoms. The number of benzene rings is 2. The van der Waals surface area contributed by atoms with Crippen molar-refractivity contribution < 1.29 is 42.9 Å². The molecule has 0 unspecified atom stereocenters. The molecule has 0 aliphatic carbocycles. The maximum atomic E-state index is 12.4. The SMILES string of the molecule is C=C(C)C(=O)OCCOc1ccc(-c2ccc(OC(=O)C(=C)C)cc2)c(OC(=O)COC(=O)C(=C)C)c1. The van der Waals surface area contributed by atoms with Gasteiger partial charge in [0.15, 0.2) is 6.61 Å². The summed E-state index contributed by atoms with van der Waals surface area (Å²) in [5, 5.41) is 0. The van der Waals surface area contributed by atoms with Gasteiger partial charge in [-0.3, -0.25) is 0 Å². The van der Waals surface area contributed by atoms with E-state index in [0.29, 0.717) is 22.6 Å². The third kappa shape index (κ3) is 9.14.